The van der Waals surface area contributed by atoms with Gasteiger partial charge in [-0.05, 0) is 65.8 Å². The predicted octanol–water partition coefficient (Wildman–Crippen LogP) is 4.43. The Hall–Kier alpha value is -4.24. The van der Waals surface area contributed by atoms with Gasteiger partial charge in [-0.2, -0.15) is 0 Å². The first-order valence-electron chi connectivity index (χ1n) is 14.2. The molecule has 1 saturated heterocycles. The van der Waals surface area contributed by atoms with Gasteiger partial charge in [-0.25, -0.2) is 4.79 Å². The summed E-state index contributed by atoms with van der Waals surface area (Å²) in [4.78, 5) is 28.7. The number of cyclic esters (lactones) is 1. The molecule has 9 nitrogen and oxygen atoms in total. The van der Waals surface area contributed by atoms with Gasteiger partial charge in [-0.3, -0.25) is 9.69 Å². The van der Waals surface area contributed by atoms with E-state index in [4.69, 9.17) is 23.7 Å². The maximum atomic E-state index is 14.1. The molecule has 0 aromatic heterocycles. The van der Waals surface area contributed by atoms with Gasteiger partial charge in [0.05, 0.1) is 35.0 Å². The van der Waals surface area contributed by atoms with Crippen LogP contribution in [0.4, 0.5) is 0 Å². The quantitative estimate of drug-likeness (QED) is 0.356. The largest absolute Gasteiger partial charge is 0.493 e. The second kappa shape index (κ2) is 13.2. The van der Waals surface area contributed by atoms with Crippen molar-refractivity contribution < 1.29 is 33.3 Å². The van der Waals surface area contributed by atoms with Gasteiger partial charge in [-0.15, -0.1) is 0 Å². The fourth-order valence-corrected chi connectivity index (χ4v) is 6.02. The minimum absolute atomic E-state index is 0.216. The highest BCUT2D eigenvalue weighted by Crippen LogP contribution is 2.43. The van der Waals surface area contributed by atoms with Gasteiger partial charge in [0.1, 0.15) is 12.1 Å². The SMILES string of the molecule is COc1ccc(CC2c3cc(OC)c(OC)cc3CCCN2C(C(=O)NC2CCOC2=O)c2ccccc2)cc1OC. The minimum atomic E-state index is -0.656. The molecule has 222 valence electrons. The maximum absolute atomic E-state index is 14.1. The van der Waals surface area contributed by atoms with E-state index in [1.54, 1.807) is 28.4 Å². The van der Waals surface area contributed by atoms with Crippen molar-refractivity contribution >= 4 is 11.9 Å². The smallest absolute Gasteiger partial charge is 0.328 e. The topological polar surface area (TPSA) is 95.6 Å². The van der Waals surface area contributed by atoms with E-state index in [1.165, 1.54) is 0 Å². The number of aryl methyl sites for hydroxylation is 1. The van der Waals surface area contributed by atoms with Crippen molar-refractivity contribution in [2.24, 2.45) is 0 Å². The molecule has 1 N–H and O–H groups in total. The Kier molecular flexibility index (Phi) is 9.17. The summed E-state index contributed by atoms with van der Waals surface area (Å²) in [5, 5.41) is 2.99. The molecule has 2 heterocycles. The fraction of sp³-hybridized carbons (Fsp3) is 0.394. The van der Waals surface area contributed by atoms with Gasteiger partial charge >= 0.3 is 5.97 Å². The second-order valence-corrected chi connectivity index (χ2v) is 10.5. The molecule has 1 fully saturated rings. The molecule has 5 rings (SSSR count). The Labute approximate surface area is 246 Å². The highest BCUT2D eigenvalue weighted by molar-refractivity contribution is 5.89. The molecule has 42 heavy (non-hydrogen) atoms. The number of amides is 1. The third-order valence-corrected chi connectivity index (χ3v) is 8.09. The number of benzene rings is 3. The van der Waals surface area contributed by atoms with E-state index in [0.29, 0.717) is 49.0 Å². The number of nitrogens with zero attached hydrogens (tertiary/aromatic N) is 1. The number of ether oxygens (including phenoxy) is 5. The maximum Gasteiger partial charge on any atom is 0.328 e. The van der Waals surface area contributed by atoms with Crippen LogP contribution in [-0.4, -0.2) is 64.4 Å². The summed E-state index contributed by atoms with van der Waals surface area (Å²) in [5.41, 5.74) is 4.08. The number of esters is 1. The van der Waals surface area contributed by atoms with Crippen LogP contribution in [0.1, 0.15) is 47.2 Å². The highest BCUT2D eigenvalue weighted by atomic mass is 16.5. The lowest BCUT2D eigenvalue weighted by molar-refractivity contribution is -0.142. The molecule has 0 saturated carbocycles. The lowest BCUT2D eigenvalue weighted by Crippen LogP contribution is -2.47. The highest BCUT2D eigenvalue weighted by Gasteiger charge is 2.39. The molecule has 0 aliphatic carbocycles. The van der Waals surface area contributed by atoms with E-state index >= 15 is 0 Å². The normalized spacial score (nSPS) is 19.2. The zero-order chi connectivity index (χ0) is 29.6. The first-order chi connectivity index (χ1) is 20.5. The van der Waals surface area contributed by atoms with Crippen molar-refractivity contribution in [3.63, 3.8) is 0 Å². The molecule has 3 atom stereocenters. The number of nitrogens with one attached hydrogen (secondary N) is 1. The Morgan fingerprint density at radius 1 is 0.929 bits per heavy atom. The van der Waals surface area contributed by atoms with Crippen LogP contribution in [0.2, 0.25) is 0 Å². The summed E-state index contributed by atoms with van der Waals surface area (Å²) in [7, 11) is 6.50. The summed E-state index contributed by atoms with van der Waals surface area (Å²) >= 11 is 0. The van der Waals surface area contributed by atoms with Crippen molar-refractivity contribution in [2.45, 2.75) is 43.8 Å². The standard InChI is InChI=1S/C33H38N2O7/c1-38-27-13-12-21(18-28(27)39-2)17-26-24-20-30(41-4)29(40-3)19-23(24)11-8-15-35(26)31(22-9-6-5-7-10-22)32(36)34-25-14-16-42-33(25)37/h5-7,9-10,12-13,18-20,25-26,31H,8,11,14-17H2,1-4H3,(H,34,36). The number of hydrogen-bond acceptors (Lipinski definition) is 8. The Bertz CT molecular complexity index is 1410. The average molecular weight is 575 g/mol. The van der Waals surface area contributed by atoms with Crippen molar-refractivity contribution in [3.05, 3.63) is 82.9 Å². The fourth-order valence-electron chi connectivity index (χ4n) is 6.02. The second-order valence-electron chi connectivity index (χ2n) is 10.5. The van der Waals surface area contributed by atoms with Crippen LogP contribution >= 0.6 is 0 Å². The van der Waals surface area contributed by atoms with Crippen LogP contribution in [-0.2, 0) is 27.2 Å². The lowest BCUT2D eigenvalue weighted by Gasteiger charge is -2.38. The minimum Gasteiger partial charge on any atom is -0.493 e. The number of hydrogen-bond donors (Lipinski definition) is 1. The third-order valence-electron chi connectivity index (χ3n) is 8.09. The van der Waals surface area contributed by atoms with Crippen molar-refractivity contribution in [3.8, 4) is 23.0 Å². The molecule has 9 heteroatoms. The molecule has 0 spiro atoms. The van der Waals surface area contributed by atoms with Gasteiger partial charge in [0, 0.05) is 19.0 Å². The van der Waals surface area contributed by atoms with Crippen LogP contribution in [0.25, 0.3) is 0 Å². The zero-order valence-electron chi connectivity index (χ0n) is 24.6. The summed E-state index contributed by atoms with van der Waals surface area (Å²) in [6.07, 6.45) is 2.69. The van der Waals surface area contributed by atoms with Crippen LogP contribution in [0.3, 0.4) is 0 Å². The van der Waals surface area contributed by atoms with Crippen molar-refractivity contribution in [1.82, 2.24) is 10.2 Å². The summed E-state index contributed by atoms with van der Waals surface area (Å²) in [6, 6.07) is 18.2. The predicted molar refractivity (Wildman–Crippen MR) is 157 cm³/mol. The average Bonchev–Trinajstić information content (AvgIpc) is 3.34. The van der Waals surface area contributed by atoms with E-state index in [-0.39, 0.29) is 11.9 Å². The molecule has 3 aromatic rings. The Morgan fingerprint density at radius 2 is 1.62 bits per heavy atom. The number of carbonyl (C=O) groups excluding carboxylic acids is 2. The van der Waals surface area contributed by atoms with Gasteiger partial charge in [0.15, 0.2) is 23.0 Å². The number of rotatable bonds is 10. The molecule has 2 aliphatic rings. The molecule has 1 amide bonds. The number of fused-ring (bicyclic) bond motifs is 1. The lowest BCUT2D eigenvalue weighted by atomic mass is 9.91. The van der Waals surface area contributed by atoms with Crippen LogP contribution < -0.4 is 24.3 Å². The van der Waals surface area contributed by atoms with Crippen molar-refractivity contribution in [1.29, 1.82) is 0 Å². The monoisotopic (exact) mass is 574 g/mol. The van der Waals surface area contributed by atoms with Gasteiger partial charge in [0.2, 0.25) is 5.91 Å². The number of methoxy groups -OCH3 is 4. The summed E-state index contributed by atoms with van der Waals surface area (Å²) in [6.45, 7) is 0.958. The van der Waals surface area contributed by atoms with Crippen LogP contribution in [0.15, 0.2) is 60.7 Å². The Morgan fingerprint density at radius 3 is 2.29 bits per heavy atom. The molecule has 3 unspecified atom stereocenters. The summed E-state index contributed by atoms with van der Waals surface area (Å²) in [5.74, 6) is 1.97. The molecule has 3 aromatic carbocycles. The van der Waals surface area contributed by atoms with Gasteiger partial charge in [-0.1, -0.05) is 36.4 Å². The molecular formula is C33H38N2O7. The third kappa shape index (κ3) is 6.01. The van der Waals surface area contributed by atoms with Crippen LogP contribution in [0.5, 0.6) is 23.0 Å². The Balaban J connectivity index is 1.63. The van der Waals surface area contributed by atoms with E-state index in [1.807, 2.05) is 60.7 Å². The van der Waals surface area contributed by atoms with E-state index < -0.39 is 18.1 Å². The first-order valence-corrected chi connectivity index (χ1v) is 14.2. The van der Waals surface area contributed by atoms with Gasteiger partial charge < -0.3 is 29.0 Å². The van der Waals surface area contributed by atoms with Crippen molar-refractivity contribution in [2.75, 3.05) is 41.6 Å². The molecule has 0 radical (unpaired) electrons. The first kappa shape index (κ1) is 29.3. The van der Waals surface area contributed by atoms with Gasteiger partial charge in [0.25, 0.3) is 0 Å². The molecule has 0 bridgehead atoms. The van der Waals surface area contributed by atoms with E-state index in [0.717, 1.165) is 35.1 Å². The summed E-state index contributed by atoms with van der Waals surface area (Å²) < 4.78 is 27.6. The van der Waals surface area contributed by atoms with E-state index in [9.17, 15) is 9.59 Å². The van der Waals surface area contributed by atoms with E-state index in [2.05, 4.69) is 10.2 Å². The molecular weight excluding hydrogens is 536 g/mol. The zero-order valence-corrected chi connectivity index (χ0v) is 24.6. The van der Waals surface area contributed by atoms with Crippen LogP contribution in [0, 0.1) is 0 Å². The number of carbonyl (C=O) groups is 2. The molecule has 2 aliphatic heterocycles.